The lowest BCUT2D eigenvalue weighted by Crippen LogP contribution is -2.13. The zero-order valence-electron chi connectivity index (χ0n) is 10.3. The van der Waals surface area contributed by atoms with Crippen molar-refractivity contribution in [2.45, 2.75) is 11.3 Å². The van der Waals surface area contributed by atoms with Gasteiger partial charge in [0.05, 0.1) is 28.4 Å². The Bertz CT molecular complexity index is 762. The number of fused-ring (bicyclic) bond motifs is 1. The van der Waals surface area contributed by atoms with Crippen molar-refractivity contribution in [2.24, 2.45) is 0 Å². The van der Waals surface area contributed by atoms with Crippen LogP contribution in [0.5, 0.6) is 5.75 Å². The van der Waals surface area contributed by atoms with Gasteiger partial charge in [-0.1, -0.05) is 11.6 Å². The molecule has 0 amide bonds. The third-order valence-corrected chi connectivity index (χ3v) is 4.68. The predicted molar refractivity (Wildman–Crippen MR) is 75.7 cm³/mol. The minimum absolute atomic E-state index is 0.182. The largest absolute Gasteiger partial charge is 0.493 e. The number of aromatic nitrogens is 1. The van der Waals surface area contributed by atoms with Crippen LogP contribution in [0.15, 0.2) is 41.6 Å². The molecule has 0 aliphatic carbocycles. The molecule has 1 aliphatic rings. The van der Waals surface area contributed by atoms with Gasteiger partial charge in [-0.3, -0.25) is 9.71 Å². The molecule has 1 aliphatic heterocycles. The maximum Gasteiger partial charge on any atom is 0.262 e. The molecule has 0 fully saturated rings. The van der Waals surface area contributed by atoms with E-state index in [4.69, 9.17) is 16.3 Å². The average Bonchev–Trinajstić information content (AvgIpc) is 2.88. The predicted octanol–water partition coefficient (Wildman–Crippen LogP) is 2.47. The second kappa shape index (κ2) is 4.96. The highest BCUT2D eigenvalue weighted by atomic mass is 35.5. The number of nitrogens with one attached hydrogen (secondary N) is 1. The van der Waals surface area contributed by atoms with Crippen LogP contribution < -0.4 is 9.46 Å². The highest BCUT2D eigenvalue weighted by Gasteiger charge is 2.20. The summed E-state index contributed by atoms with van der Waals surface area (Å²) in [5, 5.41) is 0.299. The third-order valence-electron chi connectivity index (χ3n) is 2.98. The van der Waals surface area contributed by atoms with Gasteiger partial charge in [-0.15, -0.1) is 0 Å². The van der Waals surface area contributed by atoms with Crippen molar-refractivity contribution in [3.8, 4) is 5.75 Å². The molecule has 0 radical (unpaired) electrons. The summed E-state index contributed by atoms with van der Waals surface area (Å²) in [6.45, 7) is 0.584. The molecule has 2 aromatic rings. The summed E-state index contributed by atoms with van der Waals surface area (Å²) in [5.41, 5.74) is 1.15. The summed E-state index contributed by atoms with van der Waals surface area (Å²) >= 11 is 5.92. The Kier molecular flexibility index (Phi) is 3.27. The number of benzene rings is 1. The summed E-state index contributed by atoms with van der Waals surface area (Å²) in [7, 11) is -3.69. The van der Waals surface area contributed by atoms with Gasteiger partial charge in [0, 0.05) is 12.6 Å². The molecule has 7 heteroatoms. The van der Waals surface area contributed by atoms with Crippen LogP contribution in [0.25, 0.3) is 0 Å². The second-order valence-corrected chi connectivity index (χ2v) is 6.42. The van der Waals surface area contributed by atoms with Gasteiger partial charge in [-0.25, -0.2) is 8.42 Å². The maximum absolute atomic E-state index is 12.3. The zero-order valence-corrected chi connectivity index (χ0v) is 11.9. The van der Waals surface area contributed by atoms with Crippen molar-refractivity contribution in [2.75, 3.05) is 11.3 Å². The molecule has 0 spiro atoms. The van der Waals surface area contributed by atoms with Crippen molar-refractivity contribution in [1.82, 2.24) is 4.98 Å². The van der Waals surface area contributed by atoms with Gasteiger partial charge < -0.3 is 4.74 Å². The van der Waals surface area contributed by atoms with Crippen molar-refractivity contribution in [3.63, 3.8) is 0 Å². The highest BCUT2D eigenvalue weighted by molar-refractivity contribution is 7.92. The van der Waals surface area contributed by atoms with Gasteiger partial charge in [-0.05, 0) is 29.8 Å². The number of hydrogen-bond donors (Lipinski definition) is 1. The number of hydrogen-bond acceptors (Lipinski definition) is 4. The third kappa shape index (κ3) is 2.44. The molecular formula is C13H11ClN2O3S. The number of ether oxygens (including phenoxy) is 1. The fraction of sp³-hybridized carbons (Fsp3) is 0.154. The lowest BCUT2D eigenvalue weighted by molar-refractivity contribution is 0.356. The lowest BCUT2D eigenvalue weighted by atomic mass is 10.2. The molecule has 20 heavy (non-hydrogen) atoms. The first-order valence-corrected chi connectivity index (χ1v) is 7.80. The van der Waals surface area contributed by atoms with Crippen LogP contribution in [0.2, 0.25) is 5.02 Å². The highest BCUT2D eigenvalue weighted by Crippen LogP contribution is 2.29. The first-order chi connectivity index (χ1) is 9.56. The van der Waals surface area contributed by atoms with Gasteiger partial charge in [0.1, 0.15) is 5.75 Å². The fourth-order valence-corrected chi connectivity index (χ4v) is 3.31. The zero-order chi connectivity index (χ0) is 14.2. The average molecular weight is 311 g/mol. The molecule has 0 bridgehead atoms. The number of pyridine rings is 1. The number of anilines is 1. The van der Waals surface area contributed by atoms with E-state index in [9.17, 15) is 8.42 Å². The van der Waals surface area contributed by atoms with Gasteiger partial charge in [0.25, 0.3) is 10.0 Å². The van der Waals surface area contributed by atoms with Crippen molar-refractivity contribution < 1.29 is 13.2 Å². The summed E-state index contributed by atoms with van der Waals surface area (Å²) in [5.74, 6) is 0.739. The van der Waals surface area contributed by atoms with Gasteiger partial charge in [0.2, 0.25) is 0 Å². The normalized spacial score (nSPS) is 13.7. The summed E-state index contributed by atoms with van der Waals surface area (Å²) < 4.78 is 32.4. The number of halogens is 1. The molecule has 1 aromatic heterocycles. The molecule has 2 heterocycles. The Hall–Kier alpha value is -1.79. The van der Waals surface area contributed by atoms with E-state index in [0.29, 0.717) is 18.1 Å². The van der Waals surface area contributed by atoms with Crippen LogP contribution >= 0.6 is 11.6 Å². The summed E-state index contributed by atoms with van der Waals surface area (Å²) in [6, 6.07) is 6.32. The Morgan fingerprint density at radius 3 is 2.95 bits per heavy atom. The molecular weight excluding hydrogens is 300 g/mol. The monoisotopic (exact) mass is 310 g/mol. The van der Waals surface area contributed by atoms with Crippen LogP contribution in [0, 0.1) is 0 Å². The fourth-order valence-electron chi connectivity index (χ4n) is 1.99. The van der Waals surface area contributed by atoms with E-state index in [2.05, 4.69) is 9.71 Å². The molecule has 3 rings (SSSR count). The molecule has 5 nitrogen and oxygen atoms in total. The van der Waals surface area contributed by atoms with Gasteiger partial charge >= 0.3 is 0 Å². The van der Waals surface area contributed by atoms with E-state index in [1.54, 1.807) is 12.1 Å². The van der Waals surface area contributed by atoms with Crippen LogP contribution in [-0.2, 0) is 16.4 Å². The van der Waals surface area contributed by atoms with E-state index < -0.39 is 10.0 Å². The van der Waals surface area contributed by atoms with Crippen LogP contribution in [-0.4, -0.2) is 20.0 Å². The minimum Gasteiger partial charge on any atom is -0.493 e. The van der Waals surface area contributed by atoms with E-state index in [0.717, 1.165) is 11.3 Å². The molecule has 104 valence electrons. The van der Waals surface area contributed by atoms with Crippen molar-refractivity contribution in [3.05, 3.63) is 47.2 Å². The van der Waals surface area contributed by atoms with Gasteiger partial charge in [0.15, 0.2) is 0 Å². The first kappa shape index (κ1) is 13.2. The Balaban J connectivity index is 1.94. The number of rotatable bonds is 3. The molecule has 0 atom stereocenters. The molecule has 0 unspecified atom stereocenters. The standard InChI is InChI=1S/C13H11ClN2O3S/c14-11-3-5-15-8-12(11)16-20(17,18)10-1-2-13-9(7-10)4-6-19-13/h1-3,5,7-8,16H,4,6H2. The smallest absolute Gasteiger partial charge is 0.262 e. The van der Waals surface area contributed by atoms with Crippen LogP contribution in [0.1, 0.15) is 5.56 Å². The first-order valence-electron chi connectivity index (χ1n) is 5.94. The molecule has 0 saturated heterocycles. The topological polar surface area (TPSA) is 68.3 Å². The summed E-state index contributed by atoms with van der Waals surface area (Å²) in [4.78, 5) is 4.03. The maximum atomic E-state index is 12.3. The molecule has 0 saturated carbocycles. The van der Waals surface area contributed by atoms with E-state index in [1.165, 1.54) is 24.5 Å². The molecule has 1 N–H and O–H groups in total. The van der Waals surface area contributed by atoms with E-state index >= 15 is 0 Å². The Labute approximate surface area is 121 Å². The number of nitrogens with zero attached hydrogens (tertiary/aromatic N) is 1. The Morgan fingerprint density at radius 1 is 1.30 bits per heavy atom. The second-order valence-electron chi connectivity index (χ2n) is 4.33. The number of sulfonamides is 1. The van der Waals surface area contributed by atoms with Crippen LogP contribution in [0.3, 0.4) is 0 Å². The lowest BCUT2D eigenvalue weighted by Gasteiger charge is -2.09. The van der Waals surface area contributed by atoms with Gasteiger partial charge in [-0.2, -0.15) is 0 Å². The van der Waals surface area contributed by atoms with E-state index in [-0.39, 0.29) is 10.6 Å². The van der Waals surface area contributed by atoms with Crippen LogP contribution in [0.4, 0.5) is 5.69 Å². The van der Waals surface area contributed by atoms with E-state index in [1.807, 2.05) is 0 Å². The van der Waals surface area contributed by atoms with Crippen molar-refractivity contribution >= 4 is 27.3 Å². The SMILES string of the molecule is O=S(=O)(Nc1cnccc1Cl)c1ccc2c(c1)CCO2. The minimum atomic E-state index is -3.69. The van der Waals surface area contributed by atoms with Crippen molar-refractivity contribution in [1.29, 1.82) is 0 Å². The quantitative estimate of drug-likeness (QED) is 0.945. The molecule has 1 aromatic carbocycles. The summed E-state index contributed by atoms with van der Waals surface area (Å²) in [6.07, 6.45) is 3.58. The Morgan fingerprint density at radius 2 is 2.15 bits per heavy atom.